The molecule has 108 valence electrons. The number of rotatable bonds is 6. The number of nitrogens with zero attached hydrogens (tertiary/aromatic N) is 1. The Bertz CT molecular complexity index is 541. The van der Waals surface area contributed by atoms with Gasteiger partial charge in [0.1, 0.15) is 5.03 Å². The van der Waals surface area contributed by atoms with Gasteiger partial charge in [0, 0.05) is 12.2 Å². The zero-order valence-corrected chi connectivity index (χ0v) is 12.4. The highest BCUT2D eigenvalue weighted by molar-refractivity contribution is 8.00. The largest absolute Gasteiger partial charge is 0.478 e. The monoisotopic (exact) mass is 294 g/mol. The molecule has 0 radical (unpaired) electrons. The summed E-state index contributed by atoms with van der Waals surface area (Å²) in [5, 5.41) is 12.5. The summed E-state index contributed by atoms with van der Waals surface area (Å²) in [6.07, 6.45) is 2.38. The number of hydrogen-bond acceptors (Lipinski definition) is 4. The van der Waals surface area contributed by atoms with Crippen molar-refractivity contribution in [2.45, 2.75) is 31.7 Å². The summed E-state index contributed by atoms with van der Waals surface area (Å²) >= 11 is 1.18. The Morgan fingerprint density at radius 1 is 1.45 bits per heavy atom. The Kier molecular flexibility index (Phi) is 4.65. The molecule has 1 aromatic heterocycles. The minimum absolute atomic E-state index is 0.0702. The smallest absolute Gasteiger partial charge is 0.338 e. The molecule has 1 fully saturated rings. The third-order valence-corrected chi connectivity index (χ3v) is 4.13. The first-order valence-electron chi connectivity index (χ1n) is 6.58. The van der Waals surface area contributed by atoms with Crippen molar-refractivity contribution in [1.82, 2.24) is 10.3 Å². The van der Waals surface area contributed by atoms with Gasteiger partial charge in [-0.25, -0.2) is 9.78 Å². The van der Waals surface area contributed by atoms with Crippen LogP contribution in [0.5, 0.6) is 0 Å². The number of nitrogens with one attached hydrogen (secondary N) is 1. The van der Waals surface area contributed by atoms with Crippen molar-refractivity contribution in [3.63, 3.8) is 0 Å². The summed E-state index contributed by atoms with van der Waals surface area (Å²) in [6, 6.07) is 1.74. The lowest BCUT2D eigenvalue weighted by molar-refractivity contribution is -0.118. The van der Waals surface area contributed by atoms with Gasteiger partial charge in [-0.1, -0.05) is 11.8 Å². The molecule has 1 amide bonds. The summed E-state index contributed by atoms with van der Waals surface area (Å²) in [5.41, 5.74) is 1.62. The molecule has 2 rings (SSSR count). The van der Waals surface area contributed by atoms with E-state index >= 15 is 0 Å². The van der Waals surface area contributed by atoms with Gasteiger partial charge in [-0.3, -0.25) is 4.79 Å². The van der Waals surface area contributed by atoms with Gasteiger partial charge in [0.15, 0.2) is 0 Å². The van der Waals surface area contributed by atoms with Gasteiger partial charge < -0.3 is 10.4 Å². The molecule has 1 aliphatic carbocycles. The molecule has 0 aromatic carbocycles. The number of pyridine rings is 1. The summed E-state index contributed by atoms with van der Waals surface area (Å²) in [6.45, 7) is 4.29. The van der Waals surface area contributed by atoms with Crippen LogP contribution in [0.25, 0.3) is 0 Å². The minimum Gasteiger partial charge on any atom is -0.478 e. The molecule has 0 spiro atoms. The molecule has 2 N–H and O–H groups in total. The van der Waals surface area contributed by atoms with Crippen molar-refractivity contribution in [1.29, 1.82) is 0 Å². The van der Waals surface area contributed by atoms with Crippen LogP contribution in [0.1, 0.15) is 34.5 Å². The average molecular weight is 294 g/mol. The second kappa shape index (κ2) is 6.26. The highest BCUT2D eigenvalue weighted by Crippen LogP contribution is 2.28. The number of aromatic carboxylic acids is 1. The molecule has 0 saturated heterocycles. The lowest BCUT2D eigenvalue weighted by Crippen LogP contribution is -2.27. The third-order valence-electron chi connectivity index (χ3n) is 3.15. The van der Waals surface area contributed by atoms with Gasteiger partial charge in [0.2, 0.25) is 5.91 Å². The highest BCUT2D eigenvalue weighted by Gasteiger charge is 2.22. The van der Waals surface area contributed by atoms with Crippen LogP contribution in [0.4, 0.5) is 0 Å². The maximum absolute atomic E-state index is 11.7. The van der Waals surface area contributed by atoms with E-state index in [0.29, 0.717) is 16.5 Å². The predicted octanol–water partition coefficient (Wildman–Crippen LogP) is 2.01. The van der Waals surface area contributed by atoms with Crippen LogP contribution in [0, 0.1) is 19.8 Å². The Hall–Kier alpha value is -1.56. The van der Waals surface area contributed by atoms with Crippen LogP contribution in [-0.4, -0.2) is 34.3 Å². The van der Waals surface area contributed by atoms with Gasteiger partial charge >= 0.3 is 5.97 Å². The summed E-state index contributed by atoms with van der Waals surface area (Å²) in [5.74, 6) is -0.240. The number of thioether (sulfide) groups is 1. The number of hydrogen-bond donors (Lipinski definition) is 2. The summed E-state index contributed by atoms with van der Waals surface area (Å²) in [4.78, 5) is 27.2. The molecule has 1 aliphatic rings. The van der Waals surface area contributed by atoms with E-state index in [4.69, 9.17) is 0 Å². The molecular formula is C14H18N2O3S. The second-order valence-corrected chi connectivity index (χ2v) is 6.07. The second-order valence-electron chi connectivity index (χ2n) is 5.10. The molecule has 1 aromatic rings. The number of carboxylic acids is 1. The van der Waals surface area contributed by atoms with Gasteiger partial charge in [0.05, 0.1) is 11.3 Å². The fourth-order valence-electron chi connectivity index (χ4n) is 1.93. The first-order chi connectivity index (χ1) is 9.47. The maximum Gasteiger partial charge on any atom is 0.338 e. The lowest BCUT2D eigenvalue weighted by Gasteiger charge is -2.09. The highest BCUT2D eigenvalue weighted by atomic mass is 32.2. The van der Waals surface area contributed by atoms with Crippen molar-refractivity contribution < 1.29 is 14.7 Å². The Labute approximate surface area is 122 Å². The van der Waals surface area contributed by atoms with Crippen LogP contribution in [0.3, 0.4) is 0 Å². The topological polar surface area (TPSA) is 79.3 Å². The molecule has 1 heterocycles. The van der Waals surface area contributed by atoms with Crippen molar-refractivity contribution >= 4 is 23.6 Å². The molecule has 1 saturated carbocycles. The summed E-state index contributed by atoms with van der Waals surface area (Å²) < 4.78 is 0. The molecule has 0 aliphatic heterocycles. The number of carbonyl (C=O) groups excluding carboxylic acids is 1. The number of amides is 1. The van der Waals surface area contributed by atoms with Gasteiger partial charge in [-0.2, -0.15) is 0 Å². The van der Waals surface area contributed by atoms with Crippen molar-refractivity contribution in [3.05, 3.63) is 22.9 Å². The number of aryl methyl sites for hydroxylation is 2. The van der Waals surface area contributed by atoms with Gasteiger partial charge in [0.25, 0.3) is 0 Å². The molecule has 0 unspecified atom stereocenters. The zero-order valence-electron chi connectivity index (χ0n) is 11.6. The van der Waals surface area contributed by atoms with E-state index in [1.165, 1.54) is 24.6 Å². The fraction of sp³-hybridized carbons (Fsp3) is 0.500. The molecule has 6 heteroatoms. The Morgan fingerprint density at radius 2 is 2.15 bits per heavy atom. The van der Waals surface area contributed by atoms with Crippen molar-refractivity contribution in [3.8, 4) is 0 Å². The standard InChI is InChI=1S/C14H18N2O3S/c1-8-5-9(2)16-13(12(8)14(18)19)20-7-11(17)15-6-10-3-4-10/h5,10H,3-4,6-7H2,1-2H3,(H,15,17)(H,18,19). The van der Waals surface area contributed by atoms with Crippen LogP contribution < -0.4 is 5.32 Å². The van der Waals surface area contributed by atoms with Crippen LogP contribution >= 0.6 is 11.8 Å². The lowest BCUT2D eigenvalue weighted by atomic mass is 10.1. The molecule has 20 heavy (non-hydrogen) atoms. The third kappa shape index (κ3) is 3.96. The maximum atomic E-state index is 11.7. The van der Waals surface area contributed by atoms with Crippen LogP contribution in [0.15, 0.2) is 11.1 Å². The van der Waals surface area contributed by atoms with E-state index in [2.05, 4.69) is 10.3 Å². The SMILES string of the molecule is Cc1cc(C)c(C(=O)O)c(SCC(=O)NCC2CC2)n1. The number of carboxylic acid groups (broad SMARTS) is 1. The first kappa shape index (κ1) is 14.8. The van der Waals surface area contributed by atoms with Crippen LogP contribution in [0.2, 0.25) is 0 Å². The number of carbonyl (C=O) groups is 2. The average Bonchev–Trinajstić information content (AvgIpc) is 3.16. The minimum atomic E-state index is -1.00. The summed E-state index contributed by atoms with van der Waals surface area (Å²) in [7, 11) is 0. The molecular weight excluding hydrogens is 276 g/mol. The van der Waals surface area contributed by atoms with Crippen molar-refractivity contribution in [2.75, 3.05) is 12.3 Å². The molecule has 0 bridgehead atoms. The Morgan fingerprint density at radius 3 is 2.75 bits per heavy atom. The van der Waals surface area contributed by atoms with E-state index in [-0.39, 0.29) is 17.2 Å². The van der Waals surface area contributed by atoms with E-state index in [1.807, 2.05) is 6.92 Å². The molecule has 5 nitrogen and oxygen atoms in total. The Balaban J connectivity index is 2.00. The quantitative estimate of drug-likeness (QED) is 0.785. The van der Waals surface area contributed by atoms with E-state index < -0.39 is 5.97 Å². The van der Waals surface area contributed by atoms with E-state index in [0.717, 1.165) is 12.2 Å². The normalized spacial score (nSPS) is 14.1. The molecule has 0 atom stereocenters. The van der Waals surface area contributed by atoms with Crippen molar-refractivity contribution in [2.24, 2.45) is 5.92 Å². The zero-order chi connectivity index (χ0) is 14.7. The first-order valence-corrected chi connectivity index (χ1v) is 7.57. The van der Waals surface area contributed by atoms with E-state index in [9.17, 15) is 14.7 Å². The van der Waals surface area contributed by atoms with Gasteiger partial charge in [-0.15, -0.1) is 0 Å². The predicted molar refractivity (Wildman–Crippen MR) is 77.1 cm³/mol. The number of aromatic nitrogens is 1. The fourth-order valence-corrected chi connectivity index (χ4v) is 2.90. The van der Waals surface area contributed by atoms with Gasteiger partial charge in [-0.05, 0) is 44.2 Å². The van der Waals surface area contributed by atoms with Crippen LogP contribution in [-0.2, 0) is 4.79 Å². The van der Waals surface area contributed by atoms with E-state index in [1.54, 1.807) is 13.0 Å².